The second kappa shape index (κ2) is 4.55. The molecular weight excluding hydrogens is 210 g/mol. The molecule has 80 valence electrons. The van der Waals surface area contributed by atoms with E-state index in [1.165, 1.54) is 0 Å². The Bertz CT molecular complexity index is 393. The van der Waals surface area contributed by atoms with Crippen LogP contribution in [0, 0.1) is 11.3 Å². The molecule has 0 spiro atoms. The summed E-state index contributed by atoms with van der Waals surface area (Å²) in [6.45, 7) is 6.00. The highest BCUT2D eigenvalue weighted by Crippen LogP contribution is 2.27. The van der Waals surface area contributed by atoms with Crippen molar-refractivity contribution in [3.8, 4) is 11.8 Å². The number of hydrogen-bond donors (Lipinski definition) is 0. The normalized spacial score (nSPS) is 10.9. The number of rotatable bonds is 3. The first-order valence-electron chi connectivity index (χ1n) is 4.87. The van der Waals surface area contributed by atoms with Crippen molar-refractivity contribution in [2.45, 2.75) is 32.8 Å². The number of nitrogens with zero attached hydrogens (tertiary/aromatic N) is 1. The molecule has 0 aliphatic rings. The predicted molar refractivity (Wildman–Crippen MR) is 61.2 cm³/mol. The minimum atomic E-state index is -0.281. The van der Waals surface area contributed by atoms with Gasteiger partial charge < -0.3 is 4.74 Å². The summed E-state index contributed by atoms with van der Waals surface area (Å²) < 4.78 is 5.75. The SMILES string of the molecule is CCC(C)(C)Oc1cc(Cl)ccc1C#N. The standard InChI is InChI=1S/C12H14ClNO/c1-4-12(2,3)15-11-7-10(13)6-5-9(11)8-14/h5-7H,4H2,1-3H3. The molecule has 0 amide bonds. The number of hydrogen-bond acceptors (Lipinski definition) is 2. The van der Waals surface area contributed by atoms with Crippen molar-refractivity contribution in [3.63, 3.8) is 0 Å². The van der Waals surface area contributed by atoms with Gasteiger partial charge in [-0.25, -0.2) is 0 Å². The van der Waals surface area contributed by atoms with E-state index in [0.29, 0.717) is 16.3 Å². The van der Waals surface area contributed by atoms with Crippen LogP contribution in [0.3, 0.4) is 0 Å². The molecule has 0 bridgehead atoms. The van der Waals surface area contributed by atoms with E-state index in [4.69, 9.17) is 21.6 Å². The van der Waals surface area contributed by atoms with Crippen LogP contribution in [0.2, 0.25) is 5.02 Å². The lowest BCUT2D eigenvalue weighted by atomic mass is 10.1. The molecule has 15 heavy (non-hydrogen) atoms. The van der Waals surface area contributed by atoms with Gasteiger partial charge in [0, 0.05) is 11.1 Å². The fraction of sp³-hybridized carbons (Fsp3) is 0.417. The highest BCUT2D eigenvalue weighted by Gasteiger charge is 2.18. The fourth-order valence-corrected chi connectivity index (χ4v) is 1.20. The maximum Gasteiger partial charge on any atom is 0.139 e. The zero-order valence-electron chi connectivity index (χ0n) is 9.17. The van der Waals surface area contributed by atoms with E-state index >= 15 is 0 Å². The van der Waals surface area contributed by atoms with E-state index in [1.54, 1.807) is 18.2 Å². The van der Waals surface area contributed by atoms with Crippen LogP contribution in [0.1, 0.15) is 32.8 Å². The van der Waals surface area contributed by atoms with Crippen molar-refractivity contribution in [2.75, 3.05) is 0 Å². The Morgan fingerprint density at radius 2 is 2.13 bits per heavy atom. The fourth-order valence-electron chi connectivity index (χ4n) is 1.04. The van der Waals surface area contributed by atoms with Gasteiger partial charge in [0.1, 0.15) is 17.4 Å². The Hall–Kier alpha value is -1.20. The Kier molecular flexibility index (Phi) is 3.60. The first-order chi connectivity index (χ1) is 6.98. The Morgan fingerprint density at radius 3 is 2.67 bits per heavy atom. The van der Waals surface area contributed by atoms with E-state index in [1.807, 2.05) is 20.8 Å². The van der Waals surface area contributed by atoms with Gasteiger partial charge >= 0.3 is 0 Å². The highest BCUT2D eigenvalue weighted by atomic mass is 35.5. The third kappa shape index (κ3) is 3.14. The summed E-state index contributed by atoms with van der Waals surface area (Å²) in [5, 5.41) is 9.49. The van der Waals surface area contributed by atoms with Crippen molar-refractivity contribution in [2.24, 2.45) is 0 Å². The number of ether oxygens (including phenoxy) is 1. The molecule has 3 heteroatoms. The molecule has 0 N–H and O–H groups in total. The minimum absolute atomic E-state index is 0.281. The molecule has 0 saturated heterocycles. The molecule has 2 nitrogen and oxygen atoms in total. The van der Waals surface area contributed by atoms with Crippen molar-refractivity contribution in [1.29, 1.82) is 5.26 Å². The first-order valence-corrected chi connectivity index (χ1v) is 5.25. The molecule has 1 rings (SSSR count). The monoisotopic (exact) mass is 223 g/mol. The summed E-state index contributed by atoms with van der Waals surface area (Å²) in [4.78, 5) is 0. The van der Waals surface area contributed by atoms with Crippen LogP contribution in [0.5, 0.6) is 5.75 Å². The topological polar surface area (TPSA) is 33.0 Å². The van der Waals surface area contributed by atoms with Gasteiger partial charge in [-0.3, -0.25) is 0 Å². The van der Waals surface area contributed by atoms with Gasteiger partial charge in [0.05, 0.1) is 5.56 Å². The van der Waals surface area contributed by atoms with Crippen LogP contribution in [0.25, 0.3) is 0 Å². The zero-order chi connectivity index (χ0) is 11.5. The minimum Gasteiger partial charge on any atom is -0.486 e. The molecule has 0 aliphatic carbocycles. The van der Waals surface area contributed by atoms with Crippen LogP contribution in [0.15, 0.2) is 18.2 Å². The van der Waals surface area contributed by atoms with E-state index in [9.17, 15) is 0 Å². The second-order valence-corrected chi connectivity index (χ2v) is 4.40. The van der Waals surface area contributed by atoms with Crippen LogP contribution in [-0.2, 0) is 0 Å². The summed E-state index contributed by atoms with van der Waals surface area (Å²) >= 11 is 5.86. The molecule has 0 aromatic heterocycles. The van der Waals surface area contributed by atoms with E-state index < -0.39 is 0 Å². The molecule has 0 radical (unpaired) electrons. The summed E-state index contributed by atoms with van der Waals surface area (Å²) in [5.74, 6) is 0.553. The van der Waals surface area contributed by atoms with Gasteiger partial charge in [0.25, 0.3) is 0 Å². The summed E-state index contributed by atoms with van der Waals surface area (Å²) in [7, 11) is 0. The van der Waals surface area contributed by atoms with Crippen molar-refractivity contribution in [1.82, 2.24) is 0 Å². The van der Waals surface area contributed by atoms with Crippen LogP contribution >= 0.6 is 11.6 Å². The maximum absolute atomic E-state index is 8.91. The van der Waals surface area contributed by atoms with Gasteiger partial charge in [-0.1, -0.05) is 18.5 Å². The molecule has 0 heterocycles. The molecule has 1 aromatic carbocycles. The molecule has 0 unspecified atom stereocenters. The van der Waals surface area contributed by atoms with Crippen molar-refractivity contribution < 1.29 is 4.74 Å². The van der Waals surface area contributed by atoms with Crippen molar-refractivity contribution in [3.05, 3.63) is 28.8 Å². The second-order valence-electron chi connectivity index (χ2n) is 3.97. The molecule has 0 fully saturated rings. The largest absolute Gasteiger partial charge is 0.486 e. The van der Waals surface area contributed by atoms with Gasteiger partial charge in [0.15, 0.2) is 0 Å². The predicted octanol–water partition coefficient (Wildman–Crippen LogP) is 3.78. The number of nitriles is 1. The summed E-state index contributed by atoms with van der Waals surface area (Å²) in [6, 6.07) is 7.12. The Balaban J connectivity index is 3.04. The average molecular weight is 224 g/mol. The first kappa shape index (κ1) is 11.9. The average Bonchev–Trinajstić information content (AvgIpc) is 2.18. The quantitative estimate of drug-likeness (QED) is 0.781. The van der Waals surface area contributed by atoms with E-state index in [-0.39, 0.29) is 5.60 Å². The Labute approximate surface area is 95.4 Å². The molecule has 1 aromatic rings. The third-order valence-corrected chi connectivity index (χ3v) is 2.54. The lowest BCUT2D eigenvalue weighted by molar-refractivity contribution is 0.105. The molecule has 0 saturated carbocycles. The maximum atomic E-state index is 8.91. The van der Waals surface area contributed by atoms with Crippen LogP contribution in [-0.4, -0.2) is 5.60 Å². The Morgan fingerprint density at radius 1 is 1.47 bits per heavy atom. The summed E-state index contributed by atoms with van der Waals surface area (Å²) in [5.41, 5.74) is 0.233. The zero-order valence-corrected chi connectivity index (χ0v) is 9.93. The van der Waals surface area contributed by atoms with Gasteiger partial charge in [-0.2, -0.15) is 5.26 Å². The van der Waals surface area contributed by atoms with Gasteiger partial charge in [-0.15, -0.1) is 0 Å². The lowest BCUT2D eigenvalue weighted by Gasteiger charge is -2.25. The van der Waals surface area contributed by atoms with Gasteiger partial charge in [-0.05, 0) is 32.4 Å². The lowest BCUT2D eigenvalue weighted by Crippen LogP contribution is -2.27. The summed E-state index contributed by atoms with van der Waals surface area (Å²) in [6.07, 6.45) is 0.865. The van der Waals surface area contributed by atoms with Gasteiger partial charge in [0.2, 0.25) is 0 Å². The molecular formula is C12H14ClNO. The smallest absolute Gasteiger partial charge is 0.139 e. The van der Waals surface area contributed by atoms with Crippen LogP contribution < -0.4 is 4.74 Å². The third-order valence-electron chi connectivity index (χ3n) is 2.30. The molecule has 0 atom stereocenters. The molecule has 0 aliphatic heterocycles. The van der Waals surface area contributed by atoms with E-state index in [0.717, 1.165) is 6.42 Å². The van der Waals surface area contributed by atoms with Crippen molar-refractivity contribution >= 4 is 11.6 Å². The number of benzene rings is 1. The number of halogens is 1. The highest BCUT2D eigenvalue weighted by molar-refractivity contribution is 6.30. The van der Waals surface area contributed by atoms with E-state index in [2.05, 4.69) is 6.07 Å². The van der Waals surface area contributed by atoms with Crippen LogP contribution in [0.4, 0.5) is 0 Å².